The number of carbonyl (C=O) groups is 2. The minimum Gasteiger partial charge on any atom is -0.480 e. The zero-order chi connectivity index (χ0) is 12.8. The predicted octanol–water partition coefficient (Wildman–Crippen LogP) is 0.0330. The molecule has 6 heteroatoms. The minimum absolute atomic E-state index is 0.278. The number of nitrogens with one attached hydrogen (secondary N) is 1. The Morgan fingerprint density at radius 1 is 1.35 bits per heavy atom. The van der Waals surface area contributed by atoms with E-state index < -0.39 is 12.0 Å². The predicted molar refractivity (Wildman–Crippen MR) is 61.7 cm³/mol. The molecule has 0 aliphatic rings. The number of ketones is 1. The summed E-state index contributed by atoms with van der Waals surface area (Å²) < 4.78 is 0. The van der Waals surface area contributed by atoms with E-state index in [0.29, 0.717) is 11.3 Å². The number of benzene rings is 1. The van der Waals surface area contributed by atoms with Crippen molar-refractivity contribution in [3.8, 4) is 0 Å². The molecule has 0 bridgehead atoms. The van der Waals surface area contributed by atoms with Gasteiger partial charge in [0.2, 0.25) is 0 Å². The lowest BCUT2D eigenvalue weighted by Gasteiger charge is -2.10. The summed E-state index contributed by atoms with van der Waals surface area (Å²) in [5.74, 6) is -1.60. The Morgan fingerprint density at radius 3 is 2.59 bits per heavy atom. The van der Waals surface area contributed by atoms with Gasteiger partial charge in [0.1, 0.15) is 12.8 Å². The second-order valence-electron chi connectivity index (χ2n) is 3.45. The van der Waals surface area contributed by atoms with E-state index >= 15 is 0 Å². The highest BCUT2D eigenvalue weighted by atomic mass is 16.4. The van der Waals surface area contributed by atoms with E-state index in [0.717, 1.165) is 0 Å². The quantitative estimate of drug-likeness (QED) is 0.411. The maximum Gasteiger partial charge on any atom is 0.320 e. The molecule has 1 atom stereocenters. The van der Waals surface area contributed by atoms with Gasteiger partial charge in [-0.15, -0.1) is 0 Å². The van der Waals surface area contributed by atoms with Gasteiger partial charge < -0.3 is 21.3 Å². The molecule has 0 fully saturated rings. The van der Waals surface area contributed by atoms with Crippen LogP contribution in [0.1, 0.15) is 16.8 Å². The van der Waals surface area contributed by atoms with Crippen molar-refractivity contribution >= 4 is 17.4 Å². The Kier molecular flexibility index (Phi) is 4.62. The molecule has 0 saturated heterocycles. The maximum absolute atomic E-state index is 11.8. The van der Waals surface area contributed by atoms with E-state index in [1.54, 1.807) is 24.3 Å². The van der Waals surface area contributed by atoms with Crippen molar-refractivity contribution in [3.63, 3.8) is 0 Å². The van der Waals surface area contributed by atoms with Crippen LogP contribution in [-0.2, 0) is 4.79 Å². The van der Waals surface area contributed by atoms with Crippen molar-refractivity contribution in [2.75, 3.05) is 12.0 Å². The van der Waals surface area contributed by atoms with Gasteiger partial charge in [-0.1, -0.05) is 12.1 Å². The zero-order valence-electron chi connectivity index (χ0n) is 9.09. The number of hydrogen-bond acceptors (Lipinski definition) is 5. The van der Waals surface area contributed by atoms with Gasteiger partial charge in [0.05, 0.1) is 0 Å². The van der Waals surface area contributed by atoms with Gasteiger partial charge in [0, 0.05) is 17.7 Å². The average molecular weight is 238 g/mol. The molecule has 0 amide bonds. The number of carboxylic acid groups (broad SMARTS) is 1. The number of aliphatic hydroxyl groups is 1. The first-order chi connectivity index (χ1) is 8.06. The number of carboxylic acids is 1. The van der Waals surface area contributed by atoms with Crippen molar-refractivity contribution in [2.24, 2.45) is 5.73 Å². The number of nitrogens with two attached hydrogens (primary N) is 1. The van der Waals surface area contributed by atoms with Crippen molar-refractivity contribution in [1.82, 2.24) is 0 Å². The van der Waals surface area contributed by atoms with Gasteiger partial charge in [-0.2, -0.15) is 0 Å². The summed E-state index contributed by atoms with van der Waals surface area (Å²) in [6, 6.07) is 5.31. The molecule has 17 heavy (non-hydrogen) atoms. The smallest absolute Gasteiger partial charge is 0.320 e. The van der Waals surface area contributed by atoms with Gasteiger partial charge in [0.25, 0.3) is 0 Å². The van der Waals surface area contributed by atoms with Crippen LogP contribution in [0.2, 0.25) is 0 Å². The molecule has 0 aliphatic heterocycles. The number of rotatable bonds is 6. The molecular formula is C11H14N2O4. The number of aliphatic carboxylic acids is 1. The topological polar surface area (TPSA) is 113 Å². The second-order valence-corrected chi connectivity index (χ2v) is 3.45. The highest BCUT2D eigenvalue weighted by molar-refractivity contribution is 6.03. The normalized spacial score (nSPS) is 11.9. The molecule has 5 N–H and O–H groups in total. The minimum atomic E-state index is -1.22. The molecule has 0 spiro atoms. The Morgan fingerprint density at radius 2 is 2.00 bits per heavy atom. The molecule has 0 aromatic heterocycles. The van der Waals surface area contributed by atoms with E-state index in [1.165, 1.54) is 0 Å². The largest absolute Gasteiger partial charge is 0.480 e. The first kappa shape index (κ1) is 13.1. The number of Topliss-reactive ketones (excluding diaryl/α,β-unsaturated/α-hetero) is 1. The van der Waals surface area contributed by atoms with Crippen LogP contribution in [0.25, 0.3) is 0 Å². The first-order valence-electron chi connectivity index (χ1n) is 5.01. The molecule has 0 aliphatic carbocycles. The average Bonchev–Trinajstić information content (AvgIpc) is 2.29. The SMILES string of the molecule is NC(CC(=O)c1ccccc1NCO)C(=O)O. The number of aliphatic hydroxyl groups excluding tert-OH is 1. The molecule has 0 heterocycles. The van der Waals surface area contributed by atoms with Crippen LogP contribution >= 0.6 is 0 Å². The second kappa shape index (κ2) is 5.97. The standard InChI is InChI=1S/C11H14N2O4/c12-8(11(16)17)5-10(15)7-3-1-2-4-9(7)13-6-14/h1-4,8,13-14H,5-6,12H2,(H,16,17). The van der Waals surface area contributed by atoms with Crippen LogP contribution in [0.5, 0.6) is 0 Å². The van der Waals surface area contributed by atoms with E-state index in [1.807, 2.05) is 0 Å². The van der Waals surface area contributed by atoms with Crippen LogP contribution < -0.4 is 11.1 Å². The number of anilines is 1. The van der Waals surface area contributed by atoms with E-state index in [-0.39, 0.29) is 18.9 Å². The van der Waals surface area contributed by atoms with Crippen molar-refractivity contribution in [2.45, 2.75) is 12.5 Å². The van der Waals surface area contributed by atoms with Gasteiger partial charge in [-0.25, -0.2) is 0 Å². The molecular weight excluding hydrogens is 224 g/mol. The van der Waals surface area contributed by atoms with Crippen molar-refractivity contribution < 1.29 is 19.8 Å². The third-order valence-corrected chi connectivity index (χ3v) is 2.22. The number of hydrogen-bond donors (Lipinski definition) is 4. The summed E-state index contributed by atoms with van der Waals surface area (Å²) in [6.07, 6.45) is -0.278. The van der Waals surface area contributed by atoms with E-state index in [2.05, 4.69) is 5.32 Å². The van der Waals surface area contributed by atoms with Crippen molar-refractivity contribution in [1.29, 1.82) is 0 Å². The Bertz CT molecular complexity index is 420. The molecule has 0 saturated carbocycles. The molecule has 1 aromatic rings. The van der Waals surface area contributed by atoms with Crippen LogP contribution in [0, 0.1) is 0 Å². The van der Waals surface area contributed by atoms with Gasteiger partial charge in [0.15, 0.2) is 5.78 Å². The molecule has 0 radical (unpaired) electrons. The summed E-state index contributed by atoms with van der Waals surface area (Å²) in [5, 5.41) is 20.0. The molecule has 6 nitrogen and oxygen atoms in total. The van der Waals surface area contributed by atoms with Gasteiger partial charge in [-0.3, -0.25) is 9.59 Å². The van der Waals surface area contributed by atoms with E-state index in [9.17, 15) is 9.59 Å². The van der Waals surface area contributed by atoms with Crippen LogP contribution in [-0.4, -0.2) is 34.7 Å². The third kappa shape index (κ3) is 3.54. The van der Waals surface area contributed by atoms with Gasteiger partial charge >= 0.3 is 5.97 Å². The monoisotopic (exact) mass is 238 g/mol. The zero-order valence-corrected chi connectivity index (χ0v) is 9.09. The van der Waals surface area contributed by atoms with E-state index in [4.69, 9.17) is 15.9 Å². The summed E-state index contributed by atoms with van der Waals surface area (Å²) >= 11 is 0. The van der Waals surface area contributed by atoms with Crippen LogP contribution in [0.4, 0.5) is 5.69 Å². The van der Waals surface area contributed by atoms with Gasteiger partial charge in [-0.05, 0) is 12.1 Å². The van der Waals surface area contributed by atoms with Crippen LogP contribution in [0.3, 0.4) is 0 Å². The van der Waals surface area contributed by atoms with Crippen molar-refractivity contribution in [3.05, 3.63) is 29.8 Å². The fraction of sp³-hybridized carbons (Fsp3) is 0.273. The Hall–Kier alpha value is -1.92. The van der Waals surface area contributed by atoms with Crippen LogP contribution in [0.15, 0.2) is 24.3 Å². The number of para-hydroxylation sites is 1. The maximum atomic E-state index is 11.8. The molecule has 1 rings (SSSR count). The summed E-state index contributed by atoms with van der Waals surface area (Å²) in [7, 11) is 0. The highest BCUT2D eigenvalue weighted by Crippen LogP contribution is 2.17. The lowest BCUT2D eigenvalue weighted by atomic mass is 10.0. The first-order valence-corrected chi connectivity index (χ1v) is 5.01. The third-order valence-electron chi connectivity index (χ3n) is 2.22. The summed E-state index contributed by atoms with van der Waals surface area (Å²) in [6.45, 7) is -0.310. The Balaban J connectivity index is 2.84. The molecule has 1 aromatic carbocycles. The fourth-order valence-electron chi connectivity index (χ4n) is 1.36. The lowest BCUT2D eigenvalue weighted by molar-refractivity contribution is -0.138. The Labute approximate surface area is 98.1 Å². The molecule has 1 unspecified atom stereocenters. The highest BCUT2D eigenvalue weighted by Gasteiger charge is 2.19. The lowest BCUT2D eigenvalue weighted by Crippen LogP contribution is -2.32. The summed E-state index contributed by atoms with van der Waals surface area (Å²) in [4.78, 5) is 22.3. The number of carbonyl (C=O) groups excluding carboxylic acids is 1. The molecule has 92 valence electrons. The summed E-state index contributed by atoms with van der Waals surface area (Å²) in [5.41, 5.74) is 6.06. The fourth-order valence-corrected chi connectivity index (χ4v) is 1.36.